The van der Waals surface area contributed by atoms with Crippen molar-refractivity contribution in [1.29, 1.82) is 0 Å². The summed E-state index contributed by atoms with van der Waals surface area (Å²) in [7, 11) is 1.60. The molecule has 0 fully saturated rings. The zero-order valence-electron chi connectivity index (χ0n) is 11.8. The molecule has 1 aromatic carbocycles. The number of furan rings is 1. The summed E-state index contributed by atoms with van der Waals surface area (Å²) in [6.45, 7) is 1.74. The summed E-state index contributed by atoms with van der Waals surface area (Å²) in [5.74, 6) is 0.553. The summed E-state index contributed by atoms with van der Waals surface area (Å²) in [5.41, 5.74) is 0.942. The topological polar surface area (TPSA) is 80.6 Å². The number of carbonyl (C=O) groups is 2. The standard InChI is InChI=1S/C15H16N2O4/c1-10(18)17-14-8-7-13(21-14)15(19)16-9-11-3-5-12(20-2)6-4-11/h3-8H,9H2,1-2H3,(H,16,19)(H,17,18). The molecule has 6 nitrogen and oxygen atoms in total. The third-order valence-electron chi connectivity index (χ3n) is 2.74. The van der Waals surface area contributed by atoms with Crippen molar-refractivity contribution in [1.82, 2.24) is 5.32 Å². The van der Waals surface area contributed by atoms with Crippen molar-refractivity contribution in [3.63, 3.8) is 0 Å². The van der Waals surface area contributed by atoms with Crippen LogP contribution in [0.2, 0.25) is 0 Å². The van der Waals surface area contributed by atoms with Gasteiger partial charge >= 0.3 is 0 Å². The predicted molar refractivity (Wildman–Crippen MR) is 77.2 cm³/mol. The fraction of sp³-hybridized carbons (Fsp3) is 0.200. The van der Waals surface area contributed by atoms with Crippen LogP contribution in [0.15, 0.2) is 40.8 Å². The lowest BCUT2D eigenvalue weighted by Crippen LogP contribution is -2.22. The molecule has 0 radical (unpaired) electrons. The van der Waals surface area contributed by atoms with Crippen LogP contribution >= 0.6 is 0 Å². The van der Waals surface area contributed by atoms with E-state index >= 15 is 0 Å². The van der Waals surface area contributed by atoms with Crippen LogP contribution in [-0.4, -0.2) is 18.9 Å². The van der Waals surface area contributed by atoms with Gasteiger partial charge < -0.3 is 14.5 Å². The number of ether oxygens (including phenoxy) is 1. The number of hydrogen-bond donors (Lipinski definition) is 2. The lowest BCUT2D eigenvalue weighted by Gasteiger charge is -2.05. The second-order valence-electron chi connectivity index (χ2n) is 4.38. The SMILES string of the molecule is COc1ccc(CNC(=O)c2ccc(NC(C)=O)o2)cc1. The Kier molecular flexibility index (Phi) is 4.61. The molecule has 0 saturated heterocycles. The van der Waals surface area contributed by atoms with Gasteiger partial charge in [-0.05, 0) is 23.8 Å². The maximum absolute atomic E-state index is 11.9. The number of methoxy groups -OCH3 is 1. The summed E-state index contributed by atoms with van der Waals surface area (Å²) in [6, 6.07) is 10.4. The summed E-state index contributed by atoms with van der Waals surface area (Å²) in [4.78, 5) is 22.8. The van der Waals surface area contributed by atoms with Gasteiger partial charge in [0.05, 0.1) is 7.11 Å². The minimum atomic E-state index is -0.345. The van der Waals surface area contributed by atoms with E-state index in [0.29, 0.717) is 6.54 Å². The first-order valence-corrected chi connectivity index (χ1v) is 6.37. The molecule has 21 heavy (non-hydrogen) atoms. The first-order valence-electron chi connectivity index (χ1n) is 6.37. The van der Waals surface area contributed by atoms with Crippen LogP contribution in [0.5, 0.6) is 5.75 Å². The van der Waals surface area contributed by atoms with Crippen molar-refractivity contribution < 1.29 is 18.7 Å². The maximum Gasteiger partial charge on any atom is 0.287 e. The maximum atomic E-state index is 11.9. The van der Waals surface area contributed by atoms with E-state index in [0.717, 1.165) is 11.3 Å². The number of carbonyl (C=O) groups excluding carboxylic acids is 2. The van der Waals surface area contributed by atoms with Gasteiger partial charge in [-0.1, -0.05) is 12.1 Å². The summed E-state index contributed by atoms with van der Waals surface area (Å²) in [5, 5.41) is 5.20. The quantitative estimate of drug-likeness (QED) is 0.883. The van der Waals surface area contributed by atoms with Crippen molar-refractivity contribution >= 4 is 17.7 Å². The van der Waals surface area contributed by atoms with E-state index < -0.39 is 0 Å². The Morgan fingerprint density at radius 3 is 2.48 bits per heavy atom. The van der Waals surface area contributed by atoms with Crippen molar-refractivity contribution in [3.05, 3.63) is 47.7 Å². The van der Waals surface area contributed by atoms with E-state index in [1.165, 1.54) is 19.1 Å². The molecule has 2 rings (SSSR count). The third kappa shape index (κ3) is 4.10. The van der Waals surface area contributed by atoms with Crippen LogP contribution in [0, 0.1) is 0 Å². The van der Waals surface area contributed by atoms with Crippen LogP contribution in [0.3, 0.4) is 0 Å². The van der Waals surface area contributed by atoms with Crippen molar-refractivity contribution in [2.75, 3.05) is 12.4 Å². The van der Waals surface area contributed by atoms with Crippen LogP contribution in [-0.2, 0) is 11.3 Å². The van der Waals surface area contributed by atoms with Crippen molar-refractivity contribution in [2.24, 2.45) is 0 Å². The van der Waals surface area contributed by atoms with Gasteiger partial charge in [0.15, 0.2) is 11.6 Å². The molecule has 1 aromatic heterocycles. The second kappa shape index (κ2) is 6.60. The number of benzene rings is 1. The van der Waals surface area contributed by atoms with Gasteiger partial charge in [-0.3, -0.25) is 14.9 Å². The molecule has 0 aliphatic carbocycles. The highest BCUT2D eigenvalue weighted by molar-refractivity contribution is 5.93. The molecule has 0 spiro atoms. The molecule has 0 unspecified atom stereocenters. The molecule has 0 atom stereocenters. The third-order valence-corrected chi connectivity index (χ3v) is 2.74. The van der Waals surface area contributed by atoms with Gasteiger partial charge in [0.25, 0.3) is 5.91 Å². The Morgan fingerprint density at radius 2 is 1.86 bits per heavy atom. The van der Waals surface area contributed by atoms with Gasteiger partial charge in [0.2, 0.25) is 5.91 Å². The Bertz CT molecular complexity index is 631. The Morgan fingerprint density at radius 1 is 1.14 bits per heavy atom. The second-order valence-corrected chi connectivity index (χ2v) is 4.38. The summed E-state index contributed by atoms with van der Waals surface area (Å²) in [6.07, 6.45) is 0. The van der Waals surface area contributed by atoms with Crippen molar-refractivity contribution in [3.8, 4) is 5.75 Å². The molecule has 0 bridgehead atoms. The van der Waals surface area contributed by atoms with E-state index in [2.05, 4.69) is 10.6 Å². The average Bonchev–Trinajstić information content (AvgIpc) is 2.93. The predicted octanol–water partition coefficient (Wildman–Crippen LogP) is 2.18. The van der Waals surface area contributed by atoms with Crippen molar-refractivity contribution in [2.45, 2.75) is 13.5 Å². The normalized spacial score (nSPS) is 10.0. The number of hydrogen-bond acceptors (Lipinski definition) is 4. The summed E-state index contributed by atoms with van der Waals surface area (Å²) >= 11 is 0. The highest BCUT2D eigenvalue weighted by Gasteiger charge is 2.11. The molecule has 110 valence electrons. The molecular formula is C15H16N2O4. The van der Waals surface area contributed by atoms with Crippen LogP contribution in [0.1, 0.15) is 23.0 Å². The highest BCUT2D eigenvalue weighted by atomic mass is 16.5. The number of nitrogens with one attached hydrogen (secondary N) is 2. The molecule has 2 amide bonds. The van der Waals surface area contributed by atoms with E-state index in [9.17, 15) is 9.59 Å². The fourth-order valence-corrected chi connectivity index (χ4v) is 1.71. The molecule has 0 aliphatic heterocycles. The first kappa shape index (κ1) is 14.6. The van der Waals surface area contributed by atoms with Gasteiger partial charge in [-0.2, -0.15) is 0 Å². The molecule has 0 saturated carbocycles. The monoisotopic (exact) mass is 288 g/mol. The zero-order chi connectivity index (χ0) is 15.2. The van der Waals surface area contributed by atoms with Crippen LogP contribution in [0.4, 0.5) is 5.88 Å². The minimum Gasteiger partial charge on any atom is -0.497 e. The average molecular weight is 288 g/mol. The van der Waals surface area contributed by atoms with Crippen LogP contribution < -0.4 is 15.4 Å². The highest BCUT2D eigenvalue weighted by Crippen LogP contribution is 2.14. The Labute approximate surface area is 122 Å². The molecule has 1 heterocycles. The van der Waals surface area contributed by atoms with E-state index in [-0.39, 0.29) is 23.5 Å². The van der Waals surface area contributed by atoms with Gasteiger partial charge in [0, 0.05) is 19.5 Å². The van der Waals surface area contributed by atoms with Gasteiger partial charge in [0.1, 0.15) is 5.75 Å². The van der Waals surface area contributed by atoms with Gasteiger partial charge in [-0.15, -0.1) is 0 Å². The number of anilines is 1. The molecular weight excluding hydrogens is 272 g/mol. The Balaban J connectivity index is 1.91. The molecule has 0 aliphatic rings. The van der Waals surface area contributed by atoms with Gasteiger partial charge in [-0.25, -0.2) is 0 Å². The Hall–Kier alpha value is -2.76. The largest absolute Gasteiger partial charge is 0.497 e. The minimum absolute atomic E-state index is 0.146. The lowest BCUT2D eigenvalue weighted by atomic mass is 10.2. The number of rotatable bonds is 5. The molecule has 2 N–H and O–H groups in total. The first-order chi connectivity index (χ1) is 10.1. The van der Waals surface area contributed by atoms with E-state index in [4.69, 9.17) is 9.15 Å². The van der Waals surface area contributed by atoms with E-state index in [1.54, 1.807) is 7.11 Å². The lowest BCUT2D eigenvalue weighted by molar-refractivity contribution is -0.114. The zero-order valence-corrected chi connectivity index (χ0v) is 11.8. The number of amides is 2. The van der Waals surface area contributed by atoms with E-state index in [1.807, 2.05) is 24.3 Å². The molecule has 2 aromatic rings. The molecule has 6 heteroatoms. The summed E-state index contributed by atoms with van der Waals surface area (Å²) < 4.78 is 10.3. The smallest absolute Gasteiger partial charge is 0.287 e. The van der Waals surface area contributed by atoms with Crippen LogP contribution in [0.25, 0.3) is 0 Å². The fourth-order valence-electron chi connectivity index (χ4n) is 1.71.